The molecule has 0 radical (unpaired) electrons. The van der Waals surface area contributed by atoms with Gasteiger partial charge in [0.2, 0.25) is 0 Å². The highest BCUT2D eigenvalue weighted by molar-refractivity contribution is 5.76. The maximum atomic E-state index is 11.3. The molecular weight excluding hydrogens is 384 g/mol. The van der Waals surface area contributed by atoms with Gasteiger partial charge in [0.1, 0.15) is 17.6 Å². The first-order chi connectivity index (χ1) is 14.5. The van der Waals surface area contributed by atoms with Gasteiger partial charge in [-0.25, -0.2) is 14.3 Å². The molecule has 10 nitrogen and oxygen atoms in total. The highest BCUT2D eigenvalue weighted by Crippen LogP contribution is 2.26. The Morgan fingerprint density at radius 3 is 3.03 bits per heavy atom. The normalized spacial score (nSPS) is 19.5. The van der Waals surface area contributed by atoms with E-state index in [1.807, 2.05) is 36.5 Å². The lowest BCUT2D eigenvalue weighted by molar-refractivity contribution is 0.167. The molecule has 6 N–H and O–H groups in total. The van der Waals surface area contributed by atoms with E-state index < -0.39 is 6.03 Å². The van der Waals surface area contributed by atoms with Crippen molar-refractivity contribution < 1.29 is 9.53 Å². The number of anilines is 2. The minimum Gasteiger partial charge on any atom is -0.497 e. The molecule has 4 rings (SSSR count). The van der Waals surface area contributed by atoms with Crippen molar-refractivity contribution in [1.82, 2.24) is 24.8 Å². The summed E-state index contributed by atoms with van der Waals surface area (Å²) >= 11 is 0. The molecule has 1 aromatic carbocycles. The second kappa shape index (κ2) is 8.56. The van der Waals surface area contributed by atoms with Crippen molar-refractivity contribution in [2.45, 2.75) is 25.0 Å². The number of amides is 2. The molecule has 0 aliphatic carbocycles. The number of carbonyl (C=O) groups excluding carboxylic acids is 1. The van der Waals surface area contributed by atoms with Crippen molar-refractivity contribution in [3.05, 3.63) is 48.4 Å². The van der Waals surface area contributed by atoms with Crippen molar-refractivity contribution in [1.29, 1.82) is 0 Å². The van der Waals surface area contributed by atoms with Crippen LogP contribution in [0.4, 0.5) is 16.3 Å². The van der Waals surface area contributed by atoms with Gasteiger partial charge in [-0.1, -0.05) is 6.07 Å². The predicted octanol–water partition coefficient (Wildman–Crippen LogP) is 1.05. The smallest absolute Gasteiger partial charge is 0.312 e. The number of hydrogen-bond donors (Lipinski definition) is 4. The number of rotatable bonds is 6. The van der Waals surface area contributed by atoms with Gasteiger partial charge in [0.25, 0.3) is 0 Å². The molecule has 1 aliphatic heterocycles. The van der Waals surface area contributed by atoms with Gasteiger partial charge >= 0.3 is 6.03 Å². The number of carbonyl (C=O) groups is 1. The number of piperidine rings is 1. The van der Waals surface area contributed by atoms with Gasteiger partial charge in [-0.05, 0) is 30.2 Å². The minimum absolute atomic E-state index is 0.104. The van der Waals surface area contributed by atoms with Crippen LogP contribution in [0.3, 0.4) is 0 Å². The SMILES string of the molecule is COc1cccc(Nc2ncnn3ccc(CN4CCC(N)C(NC(N)=O)C4)c23)c1. The molecule has 3 heterocycles. The van der Waals surface area contributed by atoms with Crippen LogP contribution in [0, 0.1) is 0 Å². The number of fused-ring (bicyclic) bond motifs is 1. The zero-order chi connectivity index (χ0) is 21.1. The Kier molecular flexibility index (Phi) is 5.68. The van der Waals surface area contributed by atoms with E-state index >= 15 is 0 Å². The van der Waals surface area contributed by atoms with Crippen molar-refractivity contribution in [2.75, 3.05) is 25.5 Å². The first-order valence-corrected chi connectivity index (χ1v) is 9.79. The van der Waals surface area contributed by atoms with Gasteiger partial charge < -0.3 is 26.8 Å². The molecule has 2 atom stereocenters. The van der Waals surface area contributed by atoms with Crippen molar-refractivity contribution in [3.63, 3.8) is 0 Å². The summed E-state index contributed by atoms with van der Waals surface area (Å²) in [6.45, 7) is 2.15. The number of hydrogen-bond acceptors (Lipinski definition) is 7. The maximum absolute atomic E-state index is 11.3. The molecule has 0 bridgehead atoms. The highest BCUT2D eigenvalue weighted by Gasteiger charge is 2.28. The van der Waals surface area contributed by atoms with Crippen LogP contribution in [0.2, 0.25) is 0 Å². The molecule has 2 aromatic heterocycles. The maximum Gasteiger partial charge on any atom is 0.312 e. The quantitative estimate of drug-likeness (QED) is 0.477. The number of likely N-dealkylation sites (tertiary alicyclic amines) is 1. The Balaban J connectivity index is 1.57. The average Bonchev–Trinajstić information content (AvgIpc) is 3.14. The van der Waals surface area contributed by atoms with Crippen LogP contribution in [0.1, 0.15) is 12.0 Å². The summed E-state index contributed by atoms with van der Waals surface area (Å²) in [6.07, 6.45) is 4.21. The van der Waals surface area contributed by atoms with Crippen molar-refractivity contribution in [3.8, 4) is 5.75 Å². The standard InChI is InChI=1S/C20H26N8O2/c1-30-15-4-2-3-14(9-15)25-19-18-13(5-8-28(18)24-12-23-19)10-27-7-6-16(21)17(11-27)26-20(22)29/h2-5,8-9,12,16-17H,6-7,10-11,21H2,1H3,(H3,22,26,29)(H,23,24,25). The van der Waals surface area contributed by atoms with E-state index in [0.717, 1.165) is 35.5 Å². The Morgan fingerprint density at radius 2 is 2.23 bits per heavy atom. The van der Waals surface area contributed by atoms with Gasteiger partial charge in [0.05, 0.1) is 13.2 Å². The van der Waals surface area contributed by atoms with E-state index in [1.165, 1.54) is 6.33 Å². The van der Waals surface area contributed by atoms with Crippen LogP contribution in [-0.4, -0.2) is 57.8 Å². The molecule has 2 unspecified atom stereocenters. The van der Waals surface area contributed by atoms with E-state index in [1.54, 1.807) is 11.6 Å². The van der Waals surface area contributed by atoms with Gasteiger partial charge in [0, 0.05) is 43.6 Å². The third-order valence-corrected chi connectivity index (χ3v) is 5.34. The molecule has 10 heteroatoms. The Bertz CT molecular complexity index is 1040. The molecular formula is C20H26N8O2. The Labute approximate surface area is 174 Å². The van der Waals surface area contributed by atoms with Crippen LogP contribution < -0.4 is 26.8 Å². The van der Waals surface area contributed by atoms with Gasteiger partial charge in [-0.15, -0.1) is 0 Å². The summed E-state index contributed by atoms with van der Waals surface area (Å²) in [5, 5.41) is 10.4. The Morgan fingerprint density at radius 1 is 1.37 bits per heavy atom. The van der Waals surface area contributed by atoms with E-state index in [0.29, 0.717) is 18.9 Å². The van der Waals surface area contributed by atoms with Crippen LogP contribution in [0.15, 0.2) is 42.9 Å². The van der Waals surface area contributed by atoms with E-state index in [9.17, 15) is 4.79 Å². The summed E-state index contributed by atoms with van der Waals surface area (Å²) in [6, 6.07) is 8.88. The topological polar surface area (TPSA) is 136 Å². The number of ether oxygens (including phenoxy) is 1. The number of nitrogens with two attached hydrogens (primary N) is 2. The number of aromatic nitrogens is 3. The van der Waals surface area contributed by atoms with Crippen LogP contribution in [0.25, 0.3) is 5.52 Å². The van der Waals surface area contributed by atoms with Gasteiger partial charge in [0.15, 0.2) is 5.82 Å². The van der Waals surface area contributed by atoms with Crippen molar-refractivity contribution >= 4 is 23.1 Å². The number of urea groups is 1. The monoisotopic (exact) mass is 410 g/mol. The number of methoxy groups -OCH3 is 1. The number of primary amides is 1. The van der Waals surface area contributed by atoms with Gasteiger partial charge in [-0.3, -0.25) is 4.90 Å². The predicted molar refractivity (Wildman–Crippen MR) is 114 cm³/mol. The zero-order valence-electron chi connectivity index (χ0n) is 16.8. The average molecular weight is 410 g/mol. The second-order valence-electron chi connectivity index (χ2n) is 7.40. The molecule has 0 saturated carbocycles. The lowest BCUT2D eigenvalue weighted by Crippen LogP contribution is -2.58. The first-order valence-electron chi connectivity index (χ1n) is 9.79. The molecule has 1 aliphatic rings. The third-order valence-electron chi connectivity index (χ3n) is 5.34. The Hall–Kier alpha value is -3.37. The molecule has 158 valence electrons. The molecule has 0 spiro atoms. The summed E-state index contributed by atoms with van der Waals surface area (Å²) in [4.78, 5) is 18.0. The van der Waals surface area contributed by atoms with Crippen LogP contribution >= 0.6 is 0 Å². The molecule has 1 fully saturated rings. The zero-order valence-corrected chi connectivity index (χ0v) is 16.8. The summed E-state index contributed by atoms with van der Waals surface area (Å²) in [7, 11) is 1.64. The lowest BCUT2D eigenvalue weighted by atomic mass is 10.00. The summed E-state index contributed by atoms with van der Waals surface area (Å²) in [5.74, 6) is 1.47. The van der Waals surface area contributed by atoms with Gasteiger partial charge in [-0.2, -0.15) is 5.10 Å². The largest absolute Gasteiger partial charge is 0.497 e. The minimum atomic E-state index is -0.551. The molecule has 3 aromatic rings. The summed E-state index contributed by atoms with van der Waals surface area (Å²) in [5.41, 5.74) is 14.3. The molecule has 1 saturated heterocycles. The third kappa shape index (κ3) is 4.29. The van der Waals surface area contributed by atoms with E-state index in [2.05, 4.69) is 25.6 Å². The number of nitrogens with one attached hydrogen (secondary N) is 2. The molecule has 2 amide bonds. The number of nitrogens with zero attached hydrogens (tertiary/aromatic N) is 4. The lowest BCUT2D eigenvalue weighted by Gasteiger charge is -2.36. The van der Waals surface area contributed by atoms with Crippen LogP contribution in [0.5, 0.6) is 5.75 Å². The van der Waals surface area contributed by atoms with Crippen LogP contribution in [-0.2, 0) is 6.54 Å². The van der Waals surface area contributed by atoms with E-state index in [-0.39, 0.29) is 12.1 Å². The van der Waals surface area contributed by atoms with Crippen molar-refractivity contribution in [2.24, 2.45) is 11.5 Å². The fourth-order valence-corrected chi connectivity index (χ4v) is 3.83. The fourth-order valence-electron chi connectivity index (χ4n) is 3.83. The fraction of sp³-hybridized carbons (Fsp3) is 0.350. The summed E-state index contributed by atoms with van der Waals surface area (Å²) < 4.78 is 7.11. The second-order valence-corrected chi connectivity index (χ2v) is 7.40. The molecule has 30 heavy (non-hydrogen) atoms. The van der Waals surface area contributed by atoms with E-state index in [4.69, 9.17) is 16.2 Å². The first kappa shape index (κ1) is 19.9. The number of benzene rings is 1. The highest BCUT2D eigenvalue weighted by atomic mass is 16.5.